The molecule has 0 heterocycles. The molecule has 0 bridgehead atoms. The summed E-state index contributed by atoms with van der Waals surface area (Å²) >= 11 is 6.10. The zero-order chi connectivity index (χ0) is 17.7. The lowest BCUT2D eigenvalue weighted by Gasteiger charge is -2.20. The van der Waals surface area contributed by atoms with E-state index in [2.05, 4.69) is 5.32 Å². The van der Waals surface area contributed by atoms with E-state index in [4.69, 9.17) is 17.3 Å². The first-order chi connectivity index (χ1) is 11.4. The van der Waals surface area contributed by atoms with Gasteiger partial charge in [0.05, 0.1) is 5.92 Å². The molecule has 1 amide bonds. The summed E-state index contributed by atoms with van der Waals surface area (Å²) in [7, 11) is -1.01. The number of halogens is 1. The molecule has 0 aliphatic carbocycles. The molecular weight excluding hydrogens is 344 g/mol. The van der Waals surface area contributed by atoms with Crippen molar-refractivity contribution in [2.45, 2.75) is 18.7 Å². The quantitative estimate of drug-likeness (QED) is 0.824. The number of benzene rings is 2. The van der Waals surface area contributed by atoms with Crippen LogP contribution >= 0.6 is 11.6 Å². The monoisotopic (exact) mass is 364 g/mol. The molecule has 24 heavy (non-hydrogen) atoms. The van der Waals surface area contributed by atoms with Crippen LogP contribution in [0.3, 0.4) is 0 Å². The highest BCUT2D eigenvalue weighted by Crippen LogP contribution is 2.24. The van der Waals surface area contributed by atoms with E-state index in [0.717, 1.165) is 11.1 Å². The number of nitrogens with one attached hydrogen (secondary N) is 1. The number of amides is 1. The van der Waals surface area contributed by atoms with E-state index in [0.29, 0.717) is 16.5 Å². The fourth-order valence-electron chi connectivity index (χ4n) is 2.37. The van der Waals surface area contributed by atoms with Crippen LogP contribution in [-0.2, 0) is 21.3 Å². The third-order valence-electron chi connectivity index (χ3n) is 3.81. The number of rotatable bonds is 6. The Kier molecular flexibility index (Phi) is 6.54. The van der Waals surface area contributed by atoms with E-state index in [1.807, 2.05) is 30.3 Å². The molecule has 3 N–H and O–H groups in total. The molecule has 0 spiro atoms. The maximum Gasteiger partial charge on any atom is 0.229 e. The summed E-state index contributed by atoms with van der Waals surface area (Å²) in [6.45, 7) is 1.80. The van der Waals surface area contributed by atoms with Crippen molar-refractivity contribution in [2.24, 2.45) is 11.7 Å². The van der Waals surface area contributed by atoms with Gasteiger partial charge >= 0.3 is 0 Å². The fraction of sp³-hybridized carbons (Fsp3) is 0.278. The van der Waals surface area contributed by atoms with Crippen LogP contribution in [0.2, 0.25) is 5.02 Å². The second-order valence-electron chi connectivity index (χ2n) is 5.74. The molecule has 2 aromatic carbocycles. The van der Waals surface area contributed by atoms with E-state index in [-0.39, 0.29) is 11.9 Å². The van der Waals surface area contributed by atoms with Crippen LogP contribution in [0.5, 0.6) is 0 Å². The summed E-state index contributed by atoms with van der Waals surface area (Å²) in [5.41, 5.74) is 8.47. The molecule has 2 rings (SSSR count). The van der Waals surface area contributed by atoms with Gasteiger partial charge in [-0.1, -0.05) is 48.9 Å². The van der Waals surface area contributed by atoms with Crippen LogP contribution < -0.4 is 11.1 Å². The minimum Gasteiger partial charge on any atom is -0.326 e. The van der Waals surface area contributed by atoms with Crippen LogP contribution in [0, 0.1) is 5.92 Å². The van der Waals surface area contributed by atoms with Crippen LogP contribution in [0.4, 0.5) is 5.69 Å². The highest BCUT2D eigenvalue weighted by molar-refractivity contribution is 7.83. The van der Waals surface area contributed by atoms with Crippen LogP contribution in [-0.4, -0.2) is 16.4 Å². The molecule has 3 atom stereocenters. The fourth-order valence-corrected chi connectivity index (χ4v) is 3.31. The van der Waals surface area contributed by atoms with Gasteiger partial charge in [-0.15, -0.1) is 0 Å². The van der Waals surface area contributed by atoms with Crippen molar-refractivity contribution in [1.82, 2.24) is 0 Å². The average molecular weight is 365 g/mol. The topological polar surface area (TPSA) is 72.2 Å². The van der Waals surface area contributed by atoms with Gasteiger partial charge in [0.2, 0.25) is 5.91 Å². The largest absolute Gasteiger partial charge is 0.326 e. The summed E-state index contributed by atoms with van der Waals surface area (Å²) in [6.07, 6.45) is 1.61. The zero-order valence-electron chi connectivity index (χ0n) is 13.7. The molecule has 0 fully saturated rings. The molecule has 0 saturated heterocycles. The molecule has 0 aromatic heterocycles. The van der Waals surface area contributed by atoms with Crippen molar-refractivity contribution < 1.29 is 9.00 Å². The van der Waals surface area contributed by atoms with Crippen molar-refractivity contribution >= 4 is 34.0 Å². The van der Waals surface area contributed by atoms with Gasteiger partial charge in [-0.3, -0.25) is 9.00 Å². The Morgan fingerprint density at radius 2 is 1.92 bits per heavy atom. The van der Waals surface area contributed by atoms with Gasteiger partial charge < -0.3 is 11.1 Å². The summed E-state index contributed by atoms with van der Waals surface area (Å²) in [4.78, 5) is 12.5. The van der Waals surface area contributed by atoms with E-state index in [1.165, 1.54) is 0 Å². The number of hydrogen-bond donors (Lipinski definition) is 2. The maximum absolute atomic E-state index is 12.5. The number of nitrogens with two attached hydrogens (primary N) is 1. The first-order valence-corrected chi connectivity index (χ1v) is 9.69. The summed E-state index contributed by atoms with van der Waals surface area (Å²) in [6, 6.07) is 14.3. The van der Waals surface area contributed by atoms with Gasteiger partial charge in [0.25, 0.3) is 0 Å². The molecule has 0 aliphatic heterocycles. The van der Waals surface area contributed by atoms with Gasteiger partial charge in [-0.2, -0.15) is 0 Å². The smallest absolute Gasteiger partial charge is 0.229 e. The summed E-state index contributed by atoms with van der Waals surface area (Å²) in [5, 5.41) is 3.40. The van der Waals surface area contributed by atoms with Crippen molar-refractivity contribution in [3.05, 3.63) is 64.7 Å². The molecule has 0 saturated carbocycles. The van der Waals surface area contributed by atoms with E-state index >= 15 is 0 Å². The lowest BCUT2D eigenvalue weighted by molar-refractivity contribution is -0.120. The molecular formula is C18H21ClN2O2S. The number of hydrogen-bond acceptors (Lipinski definition) is 3. The van der Waals surface area contributed by atoms with Gasteiger partial charge in [0.15, 0.2) is 0 Å². The van der Waals surface area contributed by atoms with Gasteiger partial charge in [-0.25, -0.2) is 0 Å². The zero-order valence-corrected chi connectivity index (χ0v) is 15.2. The van der Waals surface area contributed by atoms with Gasteiger partial charge in [-0.05, 0) is 29.3 Å². The van der Waals surface area contributed by atoms with Crippen molar-refractivity contribution in [2.75, 3.05) is 11.6 Å². The highest BCUT2D eigenvalue weighted by atomic mass is 35.5. The predicted octanol–water partition coefficient (Wildman–Crippen LogP) is 3.49. The van der Waals surface area contributed by atoms with E-state index in [9.17, 15) is 9.00 Å². The lowest BCUT2D eigenvalue weighted by atomic mass is 9.94. The summed E-state index contributed by atoms with van der Waals surface area (Å²) in [5.74, 6) is -0.217. The Bertz CT molecular complexity index is 737. The molecule has 6 heteroatoms. The Labute approximate surface area is 149 Å². The van der Waals surface area contributed by atoms with Gasteiger partial charge in [0.1, 0.15) is 0 Å². The first-order valence-electron chi connectivity index (χ1n) is 7.58. The Balaban J connectivity index is 2.10. The molecule has 0 aliphatic rings. The third-order valence-corrected chi connectivity index (χ3v) is 4.89. The molecule has 4 nitrogen and oxygen atoms in total. The standard InChI is InChI=1S/C18H21ClN2O2S/c1-12(17(20)13-6-4-3-5-7-13)18(22)21-15-8-9-16(19)14(10-15)11-24(2)23/h3-10,12,17H,11,20H2,1-2H3,(H,21,22). The Morgan fingerprint density at radius 1 is 1.25 bits per heavy atom. The predicted molar refractivity (Wildman–Crippen MR) is 100 cm³/mol. The highest BCUT2D eigenvalue weighted by Gasteiger charge is 2.22. The number of carbonyl (C=O) groups excluding carboxylic acids is 1. The number of anilines is 1. The number of carbonyl (C=O) groups is 1. The van der Waals surface area contributed by atoms with Crippen molar-refractivity contribution in [3.8, 4) is 0 Å². The SMILES string of the molecule is CC(C(=O)Nc1ccc(Cl)c(CS(C)=O)c1)C(N)c1ccccc1. The maximum atomic E-state index is 12.5. The second kappa shape index (κ2) is 8.42. The first kappa shape index (κ1) is 18.6. The van der Waals surface area contributed by atoms with Crippen LogP contribution in [0.15, 0.2) is 48.5 Å². The van der Waals surface area contributed by atoms with E-state index < -0.39 is 16.7 Å². The van der Waals surface area contributed by atoms with Crippen molar-refractivity contribution in [3.63, 3.8) is 0 Å². The molecule has 0 radical (unpaired) electrons. The second-order valence-corrected chi connectivity index (χ2v) is 7.58. The molecule has 2 aromatic rings. The Hall–Kier alpha value is -1.69. The normalized spacial score (nSPS) is 14.7. The van der Waals surface area contributed by atoms with Crippen LogP contribution in [0.1, 0.15) is 24.1 Å². The molecule has 128 valence electrons. The third kappa shape index (κ3) is 4.90. The van der Waals surface area contributed by atoms with Gasteiger partial charge in [0, 0.05) is 39.6 Å². The van der Waals surface area contributed by atoms with Crippen LogP contribution in [0.25, 0.3) is 0 Å². The summed E-state index contributed by atoms with van der Waals surface area (Å²) < 4.78 is 11.4. The van der Waals surface area contributed by atoms with Crippen molar-refractivity contribution in [1.29, 1.82) is 0 Å². The molecule has 3 unspecified atom stereocenters. The Morgan fingerprint density at radius 3 is 2.54 bits per heavy atom. The minimum atomic E-state index is -1.01. The lowest BCUT2D eigenvalue weighted by Crippen LogP contribution is -2.30. The van der Waals surface area contributed by atoms with E-state index in [1.54, 1.807) is 31.4 Å². The minimum absolute atomic E-state index is 0.169. The average Bonchev–Trinajstić information content (AvgIpc) is 2.56.